The first-order chi connectivity index (χ1) is 7.59. The Morgan fingerprint density at radius 3 is 2.62 bits per heavy atom. The number of morpholine rings is 1. The Balaban J connectivity index is 1.92. The molecule has 0 bridgehead atoms. The van der Waals surface area contributed by atoms with Crippen LogP contribution in [0.4, 0.5) is 0 Å². The third-order valence-electron chi connectivity index (χ3n) is 3.56. The lowest BCUT2D eigenvalue weighted by atomic mass is 9.99. The highest BCUT2D eigenvalue weighted by Crippen LogP contribution is 2.23. The van der Waals surface area contributed by atoms with Gasteiger partial charge in [0.15, 0.2) is 0 Å². The highest BCUT2D eigenvalue weighted by atomic mass is 16.5. The zero-order chi connectivity index (χ0) is 11.7. The lowest BCUT2D eigenvalue weighted by Crippen LogP contribution is -2.61. The van der Waals surface area contributed by atoms with Gasteiger partial charge in [-0.05, 0) is 27.2 Å². The van der Waals surface area contributed by atoms with Crippen LogP contribution in [0.15, 0.2) is 0 Å². The van der Waals surface area contributed by atoms with E-state index >= 15 is 0 Å². The molecule has 2 fully saturated rings. The van der Waals surface area contributed by atoms with Crippen LogP contribution in [-0.2, 0) is 9.53 Å². The van der Waals surface area contributed by atoms with Crippen LogP contribution in [-0.4, -0.2) is 60.1 Å². The topological polar surface area (TPSA) is 32.8 Å². The van der Waals surface area contributed by atoms with Crippen LogP contribution in [0.3, 0.4) is 0 Å². The van der Waals surface area contributed by atoms with Crippen molar-refractivity contribution in [2.45, 2.75) is 45.4 Å². The van der Waals surface area contributed by atoms with Gasteiger partial charge in [0.05, 0.1) is 18.8 Å². The van der Waals surface area contributed by atoms with E-state index in [2.05, 4.69) is 18.7 Å². The average Bonchev–Trinajstić information content (AvgIpc) is 2.14. The van der Waals surface area contributed by atoms with Gasteiger partial charge in [0, 0.05) is 25.7 Å². The summed E-state index contributed by atoms with van der Waals surface area (Å²) in [4.78, 5) is 16.5. The van der Waals surface area contributed by atoms with E-state index in [-0.39, 0.29) is 12.1 Å². The van der Waals surface area contributed by atoms with Gasteiger partial charge in [0.1, 0.15) is 0 Å². The Labute approximate surface area is 97.5 Å². The van der Waals surface area contributed by atoms with Crippen LogP contribution in [0.25, 0.3) is 0 Å². The van der Waals surface area contributed by atoms with Crippen molar-refractivity contribution in [2.24, 2.45) is 0 Å². The Kier molecular flexibility index (Phi) is 3.50. The van der Waals surface area contributed by atoms with Gasteiger partial charge in [-0.15, -0.1) is 0 Å². The number of nitrogens with zero attached hydrogens (tertiary/aromatic N) is 2. The van der Waals surface area contributed by atoms with Crippen molar-refractivity contribution in [3.8, 4) is 0 Å². The van der Waals surface area contributed by atoms with E-state index in [1.165, 1.54) is 0 Å². The first-order valence-electron chi connectivity index (χ1n) is 6.25. The molecule has 0 N–H and O–H groups in total. The lowest BCUT2D eigenvalue weighted by Gasteiger charge is -2.45. The number of rotatable bonds is 2. The van der Waals surface area contributed by atoms with E-state index in [4.69, 9.17) is 4.74 Å². The Bertz CT molecular complexity index is 264. The zero-order valence-electron chi connectivity index (χ0n) is 10.5. The molecule has 0 radical (unpaired) electrons. The molecule has 2 rings (SSSR count). The first kappa shape index (κ1) is 11.9. The molecular formula is C12H22N2O2. The van der Waals surface area contributed by atoms with Crippen molar-refractivity contribution >= 4 is 5.91 Å². The molecule has 2 saturated heterocycles. The lowest BCUT2D eigenvalue weighted by molar-refractivity contribution is -0.149. The maximum atomic E-state index is 12.3. The molecule has 0 spiro atoms. The zero-order valence-corrected chi connectivity index (χ0v) is 10.5. The van der Waals surface area contributed by atoms with Gasteiger partial charge in [-0.25, -0.2) is 0 Å². The summed E-state index contributed by atoms with van der Waals surface area (Å²) in [6, 6.07) is 0.603. The number of ether oxygens (including phenoxy) is 1. The molecule has 2 aliphatic rings. The molecule has 1 amide bonds. The summed E-state index contributed by atoms with van der Waals surface area (Å²) in [5.41, 5.74) is 0. The van der Waals surface area contributed by atoms with Crippen molar-refractivity contribution in [2.75, 3.05) is 26.2 Å². The Morgan fingerprint density at radius 2 is 2.12 bits per heavy atom. The van der Waals surface area contributed by atoms with Gasteiger partial charge in [-0.2, -0.15) is 0 Å². The fourth-order valence-electron chi connectivity index (χ4n) is 2.52. The molecule has 92 valence electrons. The third-order valence-corrected chi connectivity index (χ3v) is 3.56. The van der Waals surface area contributed by atoms with E-state index in [1.807, 2.05) is 11.8 Å². The monoisotopic (exact) mass is 226 g/mol. The van der Waals surface area contributed by atoms with Crippen molar-refractivity contribution in [3.05, 3.63) is 0 Å². The number of hydrogen-bond acceptors (Lipinski definition) is 3. The largest absolute Gasteiger partial charge is 0.375 e. The molecule has 0 saturated carbocycles. The molecule has 2 atom stereocenters. The van der Waals surface area contributed by atoms with Crippen LogP contribution in [0.2, 0.25) is 0 Å². The van der Waals surface area contributed by atoms with Gasteiger partial charge in [-0.3, -0.25) is 9.69 Å². The van der Waals surface area contributed by atoms with E-state index in [0.29, 0.717) is 18.6 Å². The van der Waals surface area contributed by atoms with Crippen molar-refractivity contribution in [1.29, 1.82) is 0 Å². The predicted molar refractivity (Wildman–Crippen MR) is 62.2 cm³/mol. The highest BCUT2D eigenvalue weighted by molar-refractivity contribution is 5.83. The summed E-state index contributed by atoms with van der Waals surface area (Å²) in [7, 11) is 0. The number of likely N-dealkylation sites (tertiary alicyclic amines) is 1. The summed E-state index contributed by atoms with van der Waals surface area (Å²) in [5.74, 6) is 0.301. The van der Waals surface area contributed by atoms with Gasteiger partial charge in [0.25, 0.3) is 0 Å². The number of amides is 1. The quantitative estimate of drug-likeness (QED) is 0.695. The minimum atomic E-state index is 0.130. The van der Waals surface area contributed by atoms with Crippen LogP contribution in [0.1, 0.15) is 27.2 Å². The molecule has 0 aromatic rings. The SMILES string of the molecule is CC(C)N1CC[C@H]1C(=O)N1CCO[C@@H](C)C1. The summed E-state index contributed by atoms with van der Waals surface area (Å²) in [6.07, 6.45) is 1.20. The molecule has 16 heavy (non-hydrogen) atoms. The molecule has 4 heteroatoms. The molecule has 0 aromatic carbocycles. The van der Waals surface area contributed by atoms with Crippen molar-refractivity contribution in [1.82, 2.24) is 9.80 Å². The van der Waals surface area contributed by atoms with Crippen molar-refractivity contribution < 1.29 is 9.53 Å². The maximum Gasteiger partial charge on any atom is 0.240 e. The Morgan fingerprint density at radius 1 is 1.38 bits per heavy atom. The second-order valence-corrected chi connectivity index (χ2v) is 5.10. The molecule has 4 nitrogen and oxygen atoms in total. The summed E-state index contributed by atoms with van der Waals surface area (Å²) in [6.45, 7) is 9.59. The second kappa shape index (κ2) is 4.72. The predicted octanol–water partition coefficient (Wildman–Crippen LogP) is 0.716. The van der Waals surface area contributed by atoms with Crippen LogP contribution >= 0.6 is 0 Å². The van der Waals surface area contributed by atoms with E-state index in [1.54, 1.807) is 0 Å². The van der Waals surface area contributed by atoms with Gasteiger partial charge in [-0.1, -0.05) is 0 Å². The smallest absolute Gasteiger partial charge is 0.240 e. The fraction of sp³-hybridized carbons (Fsp3) is 0.917. The average molecular weight is 226 g/mol. The highest BCUT2D eigenvalue weighted by Gasteiger charge is 2.38. The normalized spacial score (nSPS) is 31.6. The van der Waals surface area contributed by atoms with Crippen LogP contribution in [0.5, 0.6) is 0 Å². The van der Waals surface area contributed by atoms with E-state index in [9.17, 15) is 4.79 Å². The minimum Gasteiger partial charge on any atom is -0.375 e. The summed E-state index contributed by atoms with van der Waals surface area (Å²) < 4.78 is 5.46. The van der Waals surface area contributed by atoms with E-state index in [0.717, 1.165) is 26.1 Å². The maximum absolute atomic E-state index is 12.3. The molecule has 0 unspecified atom stereocenters. The third kappa shape index (κ3) is 2.23. The standard InChI is InChI=1S/C12H22N2O2/c1-9(2)14-5-4-11(14)12(15)13-6-7-16-10(3)8-13/h9-11H,4-8H2,1-3H3/t10-,11-/m0/s1. The Hall–Kier alpha value is -0.610. The fourth-order valence-corrected chi connectivity index (χ4v) is 2.52. The number of hydrogen-bond donors (Lipinski definition) is 0. The minimum absolute atomic E-state index is 0.130. The molecule has 0 aromatic heterocycles. The van der Waals surface area contributed by atoms with Crippen molar-refractivity contribution in [3.63, 3.8) is 0 Å². The first-order valence-corrected chi connectivity index (χ1v) is 6.25. The van der Waals surface area contributed by atoms with Gasteiger partial charge < -0.3 is 9.64 Å². The van der Waals surface area contributed by atoms with Gasteiger partial charge in [0.2, 0.25) is 5.91 Å². The summed E-state index contributed by atoms with van der Waals surface area (Å²) in [5, 5.41) is 0. The molecular weight excluding hydrogens is 204 g/mol. The second-order valence-electron chi connectivity index (χ2n) is 5.10. The molecule has 2 aliphatic heterocycles. The van der Waals surface area contributed by atoms with Gasteiger partial charge >= 0.3 is 0 Å². The van der Waals surface area contributed by atoms with E-state index < -0.39 is 0 Å². The van der Waals surface area contributed by atoms with Crippen LogP contribution < -0.4 is 0 Å². The number of carbonyl (C=O) groups excluding carboxylic acids is 1. The molecule has 2 heterocycles. The molecule has 0 aliphatic carbocycles. The summed E-state index contributed by atoms with van der Waals surface area (Å²) >= 11 is 0. The van der Waals surface area contributed by atoms with Crippen LogP contribution in [0, 0.1) is 0 Å². The number of carbonyl (C=O) groups is 1.